The molecule has 116 valence electrons. The lowest BCUT2D eigenvalue weighted by Crippen LogP contribution is -2.36. The molecule has 4 nitrogen and oxygen atoms in total. The van der Waals surface area contributed by atoms with Gasteiger partial charge in [-0.15, -0.1) is 13.2 Å². The summed E-state index contributed by atoms with van der Waals surface area (Å²) in [6, 6.07) is 0. The van der Waals surface area contributed by atoms with Crippen molar-refractivity contribution in [1.82, 2.24) is 4.90 Å². The first kappa shape index (κ1) is 16.0. The highest BCUT2D eigenvalue weighted by molar-refractivity contribution is 6.06. The molecule has 4 heteroatoms. The van der Waals surface area contributed by atoms with Crippen molar-refractivity contribution in [1.29, 1.82) is 0 Å². The lowest BCUT2D eigenvalue weighted by atomic mass is 9.85. The number of carbonyl (C=O) groups is 2. The number of rotatable bonds is 6. The van der Waals surface area contributed by atoms with Gasteiger partial charge in [0.2, 0.25) is 11.8 Å². The van der Waals surface area contributed by atoms with Crippen molar-refractivity contribution in [2.24, 2.45) is 11.8 Å². The molecule has 0 aliphatic carbocycles. The first-order valence-electron chi connectivity index (χ1n) is 7.66. The van der Waals surface area contributed by atoms with Gasteiger partial charge in [-0.25, -0.2) is 0 Å². The highest BCUT2D eigenvalue weighted by atomic mass is 16.5. The number of hydrogen-bond acceptors (Lipinski definition) is 3. The smallest absolute Gasteiger partial charge is 0.235 e. The van der Waals surface area contributed by atoms with Gasteiger partial charge in [0.05, 0.1) is 24.0 Å². The standard InChI is InChI=1S/C17H25NO3/c1-6-7-18-16(19)14-12(8-10(2)3)21-13(9-11(4)5)15(14)17(18)20/h12-15H,2,4,6-9H2,1,3,5H3. The van der Waals surface area contributed by atoms with Crippen LogP contribution >= 0.6 is 0 Å². The van der Waals surface area contributed by atoms with Gasteiger partial charge in [-0.2, -0.15) is 0 Å². The number of likely N-dealkylation sites (tertiary alicyclic amines) is 1. The zero-order chi connectivity index (χ0) is 15.7. The fourth-order valence-corrected chi connectivity index (χ4v) is 3.43. The minimum Gasteiger partial charge on any atom is -0.373 e. The summed E-state index contributed by atoms with van der Waals surface area (Å²) >= 11 is 0. The zero-order valence-electron chi connectivity index (χ0n) is 13.2. The van der Waals surface area contributed by atoms with Gasteiger partial charge >= 0.3 is 0 Å². The van der Waals surface area contributed by atoms with Gasteiger partial charge in [0.1, 0.15) is 0 Å². The van der Waals surface area contributed by atoms with Crippen LogP contribution in [0, 0.1) is 11.8 Å². The number of hydrogen-bond donors (Lipinski definition) is 0. The third-order valence-electron chi connectivity index (χ3n) is 4.19. The molecule has 4 unspecified atom stereocenters. The van der Waals surface area contributed by atoms with Gasteiger partial charge in [-0.05, 0) is 33.1 Å². The summed E-state index contributed by atoms with van der Waals surface area (Å²) in [5, 5.41) is 0. The van der Waals surface area contributed by atoms with E-state index in [0.29, 0.717) is 19.4 Å². The Bertz CT molecular complexity index is 442. The SMILES string of the molecule is C=C(C)CC1OC(CC(=C)C)C2C(=O)N(CCC)C(=O)C12. The van der Waals surface area contributed by atoms with Crippen LogP contribution in [0.25, 0.3) is 0 Å². The summed E-state index contributed by atoms with van der Waals surface area (Å²) in [5.74, 6) is -0.820. The molecule has 2 aliphatic rings. The van der Waals surface area contributed by atoms with Crippen molar-refractivity contribution >= 4 is 11.8 Å². The molecule has 2 saturated heterocycles. The maximum atomic E-state index is 12.6. The molecule has 0 aromatic carbocycles. The molecule has 4 atom stereocenters. The molecular weight excluding hydrogens is 266 g/mol. The minimum absolute atomic E-state index is 0.0673. The Kier molecular flexibility index (Phi) is 4.67. The molecule has 2 fully saturated rings. The van der Waals surface area contributed by atoms with Crippen LogP contribution in [-0.4, -0.2) is 35.5 Å². The summed E-state index contributed by atoms with van der Waals surface area (Å²) in [6.45, 7) is 14.2. The Morgan fingerprint density at radius 2 is 1.48 bits per heavy atom. The van der Waals surface area contributed by atoms with Crippen molar-refractivity contribution in [3.8, 4) is 0 Å². The Hall–Kier alpha value is -1.42. The lowest BCUT2D eigenvalue weighted by molar-refractivity contribution is -0.143. The first-order valence-corrected chi connectivity index (χ1v) is 7.66. The van der Waals surface area contributed by atoms with Crippen molar-refractivity contribution < 1.29 is 14.3 Å². The molecule has 2 amide bonds. The Morgan fingerprint density at radius 3 is 1.81 bits per heavy atom. The van der Waals surface area contributed by atoms with Crippen LogP contribution in [-0.2, 0) is 14.3 Å². The lowest BCUT2D eigenvalue weighted by Gasteiger charge is -2.21. The van der Waals surface area contributed by atoms with Crippen LogP contribution in [0.5, 0.6) is 0 Å². The largest absolute Gasteiger partial charge is 0.373 e. The summed E-state index contributed by atoms with van der Waals surface area (Å²) in [4.78, 5) is 26.6. The highest BCUT2D eigenvalue weighted by Crippen LogP contribution is 2.44. The number of nitrogens with zero attached hydrogens (tertiary/aromatic N) is 1. The van der Waals surface area contributed by atoms with Crippen LogP contribution in [0.1, 0.15) is 40.0 Å². The van der Waals surface area contributed by atoms with E-state index in [1.54, 1.807) is 0 Å². The number of ether oxygens (including phenoxy) is 1. The van der Waals surface area contributed by atoms with E-state index in [1.807, 2.05) is 20.8 Å². The topological polar surface area (TPSA) is 46.6 Å². The fraction of sp³-hybridized carbons (Fsp3) is 0.647. The number of amides is 2. The first-order chi connectivity index (χ1) is 9.86. The van der Waals surface area contributed by atoms with E-state index in [9.17, 15) is 9.59 Å². The van der Waals surface area contributed by atoms with E-state index in [-0.39, 0.29) is 35.9 Å². The molecule has 21 heavy (non-hydrogen) atoms. The molecule has 2 heterocycles. The predicted molar refractivity (Wildman–Crippen MR) is 81.5 cm³/mol. The normalized spacial score (nSPS) is 31.7. The van der Waals surface area contributed by atoms with Crippen LogP contribution < -0.4 is 0 Å². The molecule has 0 N–H and O–H groups in total. The summed E-state index contributed by atoms with van der Waals surface area (Å²) in [7, 11) is 0. The van der Waals surface area contributed by atoms with E-state index in [2.05, 4.69) is 13.2 Å². The zero-order valence-corrected chi connectivity index (χ0v) is 13.2. The van der Waals surface area contributed by atoms with Gasteiger partial charge in [-0.1, -0.05) is 18.1 Å². The van der Waals surface area contributed by atoms with E-state index >= 15 is 0 Å². The van der Waals surface area contributed by atoms with Gasteiger partial charge in [0.25, 0.3) is 0 Å². The molecule has 2 rings (SSSR count). The van der Waals surface area contributed by atoms with Crippen molar-refractivity contribution in [2.45, 2.75) is 52.2 Å². The number of carbonyl (C=O) groups excluding carboxylic acids is 2. The monoisotopic (exact) mass is 291 g/mol. The maximum Gasteiger partial charge on any atom is 0.235 e. The molecule has 0 spiro atoms. The second-order valence-corrected chi connectivity index (χ2v) is 6.42. The number of imide groups is 1. The predicted octanol–water partition coefficient (Wildman–Crippen LogP) is 2.70. The summed E-state index contributed by atoms with van der Waals surface area (Å²) in [6.07, 6.45) is 1.60. The maximum absolute atomic E-state index is 12.6. The molecule has 0 bridgehead atoms. The van der Waals surface area contributed by atoms with Crippen molar-refractivity contribution in [3.05, 3.63) is 24.3 Å². The molecule has 0 saturated carbocycles. The van der Waals surface area contributed by atoms with E-state index in [0.717, 1.165) is 17.6 Å². The third-order valence-corrected chi connectivity index (χ3v) is 4.19. The van der Waals surface area contributed by atoms with Crippen LogP contribution in [0.4, 0.5) is 0 Å². The fourth-order valence-electron chi connectivity index (χ4n) is 3.43. The average Bonchev–Trinajstić information content (AvgIpc) is 2.81. The molecule has 2 aliphatic heterocycles. The second kappa shape index (κ2) is 6.14. The second-order valence-electron chi connectivity index (χ2n) is 6.42. The Morgan fingerprint density at radius 1 is 1.05 bits per heavy atom. The molecule has 0 aromatic rings. The van der Waals surface area contributed by atoms with Gasteiger partial charge in [0, 0.05) is 6.54 Å². The van der Waals surface area contributed by atoms with E-state index in [1.165, 1.54) is 4.90 Å². The molecule has 0 aromatic heterocycles. The molecular formula is C17H25NO3. The van der Waals surface area contributed by atoms with Crippen LogP contribution in [0.15, 0.2) is 24.3 Å². The summed E-state index contributed by atoms with van der Waals surface area (Å²) < 4.78 is 6.03. The molecule has 0 radical (unpaired) electrons. The van der Waals surface area contributed by atoms with Crippen LogP contribution in [0.2, 0.25) is 0 Å². The quantitative estimate of drug-likeness (QED) is 0.558. The van der Waals surface area contributed by atoms with Crippen molar-refractivity contribution in [3.63, 3.8) is 0 Å². The van der Waals surface area contributed by atoms with Gasteiger partial charge < -0.3 is 4.74 Å². The number of fused-ring (bicyclic) bond motifs is 1. The minimum atomic E-state index is -0.343. The van der Waals surface area contributed by atoms with E-state index < -0.39 is 0 Å². The van der Waals surface area contributed by atoms with Gasteiger partial charge in [-0.3, -0.25) is 14.5 Å². The van der Waals surface area contributed by atoms with E-state index in [4.69, 9.17) is 4.74 Å². The van der Waals surface area contributed by atoms with Crippen molar-refractivity contribution in [2.75, 3.05) is 6.54 Å². The Balaban J connectivity index is 2.27. The highest BCUT2D eigenvalue weighted by Gasteiger charge is 2.58. The van der Waals surface area contributed by atoms with Gasteiger partial charge in [0.15, 0.2) is 0 Å². The average molecular weight is 291 g/mol. The van der Waals surface area contributed by atoms with Crippen LogP contribution in [0.3, 0.4) is 0 Å². The third kappa shape index (κ3) is 2.95. The Labute approximate surface area is 126 Å². The summed E-state index contributed by atoms with van der Waals surface area (Å²) in [5.41, 5.74) is 1.95.